The molecule has 0 aliphatic heterocycles. The highest BCUT2D eigenvalue weighted by Gasteiger charge is 2.14. The fourth-order valence-electron chi connectivity index (χ4n) is 2.47. The zero-order valence-electron chi connectivity index (χ0n) is 13.8. The van der Waals surface area contributed by atoms with Gasteiger partial charge in [0.1, 0.15) is 0 Å². The first-order valence-electron chi connectivity index (χ1n) is 7.93. The standard InChI is InChI=1S/C19H20N4O/c1-14-7-9-16(10-8-14)11-21-22-19(24)15(2)12-23-13-20-17-5-3-4-6-18(17)23/h3-11,13,15H,12H2,1-2H3,(H,22,24)/b21-11-/t15-/m0/s1. The summed E-state index contributed by atoms with van der Waals surface area (Å²) in [5, 5.41) is 4.03. The third kappa shape index (κ3) is 3.68. The summed E-state index contributed by atoms with van der Waals surface area (Å²) in [5.41, 5.74) is 6.71. The van der Waals surface area contributed by atoms with Crippen molar-refractivity contribution in [1.82, 2.24) is 15.0 Å². The van der Waals surface area contributed by atoms with E-state index in [4.69, 9.17) is 0 Å². The average Bonchev–Trinajstić information content (AvgIpc) is 3.00. The number of carbonyl (C=O) groups excluding carboxylic acids is 1. The number of nitrogens with zero attached hydrogens (tertiary/aromatic N) is 3. The van der Waals surface area contributed by atoms with Crippen LogP contribution < -0.4 is 5.43 Å². The maximum Gasteiger partial charge on any atom is 0.244 e. The van der Waals surface area contributed by atoms with E-state index >= 15 is 0 Å². The lowest BCUT2D eigenvalue weighted by atomic mass is 10.1. The van der Waals surface area contributed by atoms with Gasteiger partial charge in [-0.25, -0.2) is 10.4 Å². The van der Waals surface area contributed by atoms with Crippen molar-refractivity contribution in [2.75, 3.05) is 0 Å². The van der Waals surface area contributed by atoms with Gasteiger partial charge in [0.2, 0.25) is 5.91 Å². The monoisotopic (exact) mass is 320 g/mol. The summed E-state index contributed by atoms with van der Waals surface area (Å²) in [6, 6.07) is 15.8. The molecule has 1 heterocycles. The molecule has 3 aromatic rings. The van der Waals surface area contributed by atoms with Crippen molar-refractivity contribution >= 4 is 23.2 Å². The summed E-state index contributed by atoms with van der Waals surface area (Å²) in [6.45, 7) is 4.47. The largest absolute Gasteiger partial charge is 0.330 e. The van der Waals surface area contributed by atoms with Crippen LogP contribution in [0.15, 0.2) is 60.0 Å². The van der Waals surface area contributed by atoms with Gasteiger partial charge in [-0.15, -0.1) is 0 Å². The molecular formula is C19H20N4O. The molecule has 1 atom stereocenters. The van der Waals surface area contributed by atoms with E-state index in [2.05, 4.69) is 15.5 Å². The summed E-state index contributed by atoms with van der Waals surface area (Å²) in [7, 11) is 0. The highest BCUT2D eigenvalue weighted by Crippen LogP contribution is 2.13. The normalized spacial score (nSPS) is 12.6. The van der Waals surface area contributed by atoms with Gasteiger partial charge < -0.3 is 4.57 Å². The fraction of sp³-hybridized carbons (Fsp3) is 0.211. The third-order valence-electron chi connectivity index (χ3n) is 3.91. The first-order chi connectivity index (χ1) is 11.6. The molecule has 3 rings (SSSR count). The van der Waals surface area contributed by atoms with E-state index in [-0.39, 0.29) is 11.8 Å². The first kappa shape index (κ1) is 15.9. The highest BCUT2D eigenvalue weighted by molar-refractivity contribution is 5.83. The van der Waals surface area contributed by atoms with E-state index in [1.807, 2.05) is 66.9 Å². The van der Waals surface area contributed by atoms with Crippen LogP contribution in [0.2, 0.25) is 0 Å². The lowest BCUT2D eigenvalue weighted by Crippen LogP contribution is -2.27. The van der Waals surface area contributed by atoms with E-state index in [0.29, 0.717) is 6.54 Å². The Kier molecular flexibility index (Phi) is 4.70. The van der Waals surface area contributed by atoms with Crippen LogP contribution in [0.1, 0.15) is 18.1 Å². The number of amides is 1. The Bertz CT molecular complexity index is 864. The molecule has 0 saturated carbocycles. The van der Waals surface area contributed by atoms with Crippen molar-refractivity contribution < 1.29 is 4.79 Å². The second-order valence-corrected chi connectivity index (χ2v) is 5.93. The van der Waals surface area contributed by atoms with Crippen LogP contribution in [0, 0.1) is 12.8 Å². The Morgan fingerprint density at radius 2 is 2.00 bits per heavy atom. The van der Waals surface area contributed by atoms with Crippen LogP contribution in [0.4, 0.5) is 0 Å². The minimum atomic E-state index is -0.210. The van der Waals surface area contributed by atoms with Gasteiger partial charge in [0, 0.05) is 6.54 Å². The molecule has 0 bridgehead atoms. The van der Waals surface area contributed by atoms with Gasteiger partial charge in [-0.1, -0.05) is 48.9 Å². The molecule has 0 saturated heterocycles. The summed E-state index contributed by atoms with van der Waals surface area (Å²) < 4.78 is 1.99. The highest BCUT2D eigenvalue weighted by atomic mass is 16.2. The molecular weight excluding hydrogens is 300 g/mol. The molecule has 1 N–H and O–H groups in total. The Balaban J connectivity index is 1.59. The van der Waals surface area contributed by atoms with Gasteiger partial charge in [-0.05, 0) is 24.6 Å². The van der Waals surface area contributed by atoms with Crippen molar-refractivity contribution in [2.45, 2.75) is 20.4 Å². The molecule has 0 aliphatic rings. The minimum Gasteiger partial charge on any atom is -0.330 e. The van der Waals surface area contributed by atoms with Gasteiger partial charge >= 0.3 is 0 Å². The number of benzene rings is 2. The third-order valence-corrected chi connectivity index (χ3v) is 3.91. The van der Waals surface area contributed by atoms with Crippen LogP contribution in [-0.4, -0.2) is 21.7 Å². The number of para-hydroxylation sites is 2. The van der Waals surface area contributed by atoms with E-state index in [1.165, 1.54) is 5.56 Å². The maximum absolute atomic E-state index is 12.2. The number of aromatic nitrogens is 2. The molecule has 122 valence electrons. The molecule has 1 amide bonds. The predicted molar refractivity (Wildman–Crippen MR) is 95.8 cm³/mol. The summed E-state index contributed by atoms with van der Waals surface area (Å²) in [6.07, 6.45) is 3.42. The summed E-state index contributed by atoms with van der Waals surface area (Å²) in [4.78, 5) is 16.5. The molecule has 0 aliphatic carbocycles. The van der Waals surface area contributed by atoms with Crippen molar-refractivity contribution in [3.63, 3.8) is 0 Å². The number of aryl methyl sites for hydroxylation is 1. The molecule has 0 radical (unpaired) electrons. The number of nitrogens with one attached hydrogen (secondary N) is 1. The van der Waals surface area contributed by atoms with E-state index in [0.717, 1.165) is 16.6 Å². The van der Waals surface area contributed by atoms with Crippen LogP contribution in [-0.2, 0) is 11.3 Å². The molecule has 0 spiro atoms. The van der Waals surface area contributed by atoms with Crippen LogP contribution in [0.25, 0.3) is 11.0 Å². The molecule has 5 heteroatoms. The van der Waals surface area contributed by atoms with Crippen molar-refractivity contribution in [3.05, 3.63) is 66.0 Å². The minimum absolute atomic E-state index is 0.115. The van der Waals surface area contributed by atoms with E-state index in [9.17, 15) is 4.79 Å². The SMILES string of the molecule is Cc1ccc(/C=N\NC(=O)[C@@H](C)Cn2cnc3ccccc32)cc1. The van der Waals surface area contributed by atoms with Crippen molar-refractivity contribution in [1.29, 1.82) is 0 Å². The second kappa shape index (κ2) is 7.08. The quantitative estimate of drug-likeness (QED) is 0.580. The number of fused-ring (bicyclic) bond motifs is 1. The maximum atomic E-state index is 12.2. The summed E-state index contributed by atoms with van der Waals surface area (Å²) >= 11 is 0. The molecule has 0 fully saturated rings. The van der Waals surface area contributed by atoms with Crippen LogP contribution in [0.5, 0.6) is 0 Å². The van der Waals surface area contributed by atoms with Gasteiger partial charge in [-0.3, -0.25) is 4.79 Å². The van der Waals surface area contributed by atoms with Crippen LogP contribution in [0.3, 0.4) is 0 Å². The van der Waals surface area contributed by atoms with Gasteiger partial charge in [-0.2, -0.15) is 5.10 Å². The zero-order valence-corrected chi connectivity index (χ0v) is 13.8. The Labute approximate surface area is 141 Å². The summed E-state index contributed by atoms with van der Waals surface area (Å²) in [5.74, 6) is -0.325. The van der Waals surface area contributed by atoms with Crippen molar-refractivity contribution in [3.8, 4) is 0 Å². The van der Waals surface area contributed by atoms with E-state index in [1.54, 1.807) is 12.5 Å². The zero-order chi connectivity index (χ0) is 16.9. The number of carbonyl (C=O) groups is 1. The number of imidazole rings is 1. The lowest BCUT2D eigenvalue weighted by molar-refractivity contribution is -0.124. The Hall–Kier alpha value is -2.95. The molecule has 0 unspecified atom stereocenters. The second-order valence-electron chi connectivity index (χ2n) is 5.93. The number of hydrogen-bond donors (Lipinski definition) is 1. The number of hydrazone groups is 1. The molecule has 5 nitrogen and oxygen atoms in total. The lowest BCUT2D eigenvalue weighted by Gasteiger charge is -2.11. The Morgan fingerprint density at radius 3 is 2.79 bits per heavy atom. The van der Waals surface area contributed by atoms with Gasteiger partial charge in [0.25, 0.3) is 0 Å². The fourth-order valence-corrected chi connectivity index (χ4v) is 2.47. The molecule has 24 heavy (non-hydrogen) atoms. The number of rotatable bonds is 5. The van der Waals surface area contributed by atoms with Gasteiger partial charge in [0.05, 0.1) is 29.5 Å². The number of hydrogen-bond acceptors (Lipinski definition) is 3. The molecule has 1 aromatic heterocycles. The van der Waals surface area contributed by atoms with Crippen molar-refractivity contribution in [2.24, 2.45) is 11.0 Å². The predicted octanol–water partition coefficient (Wildman–Crippen LogP) is 3.13. The first-order valence-corrected chi connectivity index (χ1v) is 7.93. The van der Waals surface area contributed by atoms with Gasteiger partial charge in [0.15, 0.2) is 0 Å². The van der Waals surface area contributed by atoms with E-state index < -0.39 is 0 Å². The topological polar surface area (TPSA) is 59.3 Å². The smallest absolute Gasteiger partial charge is 0.244 e. The Morgan fingerprint density at radius 1 is 1.25 bits per heavy atom. The molecule has 2 aromatic carbocycles. The van der Waals surface area contributed by atoms with Crippen LogP contribution >= 0.6 is 0 Å². The average molecular weight is 320 g/mol.